The lowest BCUT2D eigenvalue weighted by Crippen LogP contribution is -2.27. The molecule has 0 spiro atoms. The maximum atomic E-state index is 11.9. The minimum Gasteiger partial charge on any atom is -0.345 e. The van der Waals surface area contributed by atoms with E-state index in [1.165, 1.54) is 0 Å². The SMILES string of the molecule is CCc1noc(C(C)NC(=O)CCn2ccnc2C)n1. The van der Waals surface area contributed by atoms with Crippen molar-refractivity contribution in [3.63, 3.8) is 0 Å². The van der Waals surface area contributed by atoms with Gasteiger partial charge in [0.25, 0.3) is 0 Å². The van der Waals surface area contributed by atoms with Crippen LogP contribution in [0.5, 0.6) is 0 Å². The lowest BCUT2D eigenvalue weighted by molar-refractivity contribution is -0.122. The van der Waals surface area contributed by atoms with Crippen LogP contribution in [0.2, 0.25) is 0 Å². The van der Waals surface area contributed by atoms with Crippen molar-refractivity contribution in [1.29, 1.82) is 0 Å². The molecular weight excluding hydrogens is 258 g/mol. The monoisotopic (exact) mass is 277 g/mol. The predicted molar refractivity (Wildman–Crippen MR) is 71.8 cm³/mol. The minimum atomic E-state index is -0.279. The number of nitrogens with one attached hydrogen (secondary N) is 1. The van der Waals surface area contributed by atoms with Crippen LogP contribution in [-0.4, -0.2) is 25.6 Å². The normalized spacial score (nSPS) is 12.3. The van der Waals surface area contributed by atoms with Crippen LogP contribution in [0.3, 0.4) is 0 Å². The first kappa shape index (κ1) is 14.2. The van der Waals surface area contributed by atoms with Gasteiger partial charge in [0.15, 0.2) is 5.82 Å². The fourth-order valence-electron chi connectivity index (χ4n) is 1.82. The summed E-state index contributed by atoms with van der Waals surface area (Å²) in [5.74, 6) is 1.93. The molecule has 0 radical (unpaired) electrons. The maximum Gasteiger partial charge on any atom is 0.248 e. The number of nitrogens with zero attached hydrogens (tertiary/aromatic N) is 4. The molecule has 7 heteroatoms. The second-order valence-electron chi connectivity index (χ2n) is 4.61. The number of hydrogen-bond acceptors (Lipinski definition) is 5. The van der Waals surface area contributed by atoms with Gasteiger partial charge in [-0.05, 0) is 13.8 Å². The van der Waals surface area contributed by atoms with Gasteiger partial charge in [0, 0.05) is 31.8 Å². The van der Waals surface area contributed by atoms with Gasteiger partial charge in [-0.2, -0.15) is 4.98 Å². The van der Waals surface area contributed by atoms with Crippen molar-refractivity contribution in [2.45, 2.75) is 46.2 Å². The molecule has 0 saturated carbocycles. The molecule has 0 bridgehead atoms. The Bertz CT molecular complexity index is 575. The molecule has 0 aliphatic carbocycles. The second-order valence-corrected chi connectivity index (χ2v) is 4.61. The molecule has 2 aromatic heterocycles. The molecule has 1 atom stereocenters. The van der Waals surface area contributed by atoms with E-state index in [2.05, 4.69) is 20.4 Å². The maximum absolute atomic E-state index is 11.9. The smallest absolute Gasteiger partial charge is 0.248 e. The molecule has 0 aliphatic heterocycles. The zero-order valence-corrected chi connectivity index (χ0v) is 12.0. The Hall–Kier alpha value is -2.18. The topological polar surface area (TPSA) is 85.8 Å². The Balaban J connectivity index is 1.83. The number of imidazole rings is 1. The van der Waals surface area contributed by atoms with E-state index in [0.29, 0.717) is 31.1 Å². The first-order valence-corrected chi connectivity index (χ1v) is 6.69. The fourth-order valence-corrected chi connectivity index (χ4v) is 1.82. The van der Waals surface area contributed by atoms with Crippen LogP contribution in [-0.2, 0) is 17.8 Å². The lowest BCUT2D eigenvalue weighted by atomic mass is 10.3. The van der Waals surface area contributed by atoms with E-state index in [9.17, 15) is 4.79 Å². The number of amides is 1. The molecule has 1 N–H and O–H groups in total. The predicted octanol–water partition coefficient (Wildman–Crippen LogP) is 1.40. The zero-order chi connectivity index (χ0) is 14.5. The average molecular weight is 277 g/mol. The highest BCUT2D eigenvalue weighted by atomic mass is 16.5. The summed E-state index contributed by atoms with van der Waals surface area (Å²) >= 11 is 0. The Morgan fingerprint density at radius 3 is 2.95 bits per heavy atom. The van der Waals surface area contributed by atoms with Gasteiger partial charge in [-0.25, -0.2) is 4.98 Å². The number of rotatable bonds is 6. The van der Waals surface area contributed by atoms with E-state index in [4.69, 9.17) is 4.52 Å². The van der Waals surface area contributed by atoms with Gasteiger partial charge in [-0.3, -0.25) is 4.79 Å². The third kappa shape index (κ3) is 3.43. The number of carbonyl (C=O) groups is 1. The summed E-state index contributed by atoms with van der Waals surface area (Å²) in [6.45, 7) is 6.29. The Labute approximate surface area is 117 Å². The van der Waals surface area contributed by atoms with Gasteiger partial charge in [-0.1, -0.05) is 12.1 Å². The van der Waals surface area contributed by atoms with Crippen molar-refractivity contribution in [3.8, 4) is 0 Å². The molecule has 2 rings (SSSR count). The Kier molecular flexibility index (Phi) is 4.49. The van der Waals surface area contributed by atoms with Crippen molar-refractivity contribution in [2.24, 2.45) is 0 Å². The second kappa shape index (κ2) is 6.31. The zero-order valence-electron chi connectivity index (χ0n) is 12.0. The van der Waals surface area contributed by atoms with E-state index < -0.39 is 0 Å². The number of aromatic nitrogens is 4. The highest BCUT2D eigenvalue weighted by Crippen LogP contribution is 2.10. The van der Waals surface area contributed by atoms with Crippen molar-refractivity contribution in [2.75, 3.05) is 0 Å². The summed E-state index contributed by atoms with van der Waals surface area (Å²) in [6.07, 6.45) is 4.68. The van der Waals surface area contributed by atoms with E-state index in [-0.39, 0.29) is 11.9 Å². The van der Waals surface area contributed by atoms with Gasteiger partial charge in [0.1, 0.15) is 11.9 Å². The summed E-state index contributed by atoms with van der Waals surface area (Å²) in [6, 6.07) is -0.279. The molecule has 0 aromatic carbocycles. The van der Waals surface area contributed by atoms with Crippen molar-refractivity contribution < 1.29 is 9.32 Å². The summed E-state index contributed by atoms with van der Waals surface area (Å²) in [4.78, 5) is 20.2. The minimum absolute atomic E-state index is 0.0538. The quantitative estimate of drug-likeness (QED) is 0.862. The van der Waals surface area contributed by atoms with Crippen molar-refractivity contribution >= 4 is 5.91 Å². The highest BCUT2D eigenvalue weighted by molar-refractivity contribution is 5.76. The molecule has 20 heavy (non-hydrogen) atoms. The number of hydrogen-bond donors (Lipinski definition) is 1. The highest BCUT2D eigenvalue weighted by Gasteiger charge is 2.16. The number of carbonyl (C=O) groups excluding carboxylic acids is 1. The largest absolute Gasteiger partial charge is 0.345 e. The molecule has 2 aromatic rings. The Morgan fingerprint density at radius 2 is 2.35 bits per heavy atom. The standard InChI is InChI=1S/C13H19N5O2/c1-4-11-16-13(20-17-11)9(2)15-12(19)5-7-18-8-6-14-10(18)3/h6,8-9H,4-5,7H2,1-3H3,(H,15,19). The third-order valence-corrected chi connectivity index (χ3v) is 3.05. The van der Waals surface area contributed by atoms with E-state index in [1.54, 1.807) is 6.20 Å². The molecule has 1 amide bonds. The number of aryl methyl sites for hydroxylation is 3. The van der Waals surface area contributed by atoms with Crippen LogP contribution in [0, 0.1) is 6.92 Å². The molecule has 0 aliphatic rings. The van der Waals surface area contributed by atoms with Crippen molar-refractivity contribution in [1.82, 2.24) is 25.0 Å². The first-order chi connectivity index (χ1) is 9.60. The molecule has 108 valence electrons. The van der Waals surface area contributed by atoms with Crippen LogP contribution >= 0.6 is 0 Å². The average Bonchev–Trinajstić information content (AvgIpc) is 3.05. The lowest BCUT2D eigenvalue weighted by Gasteiger charge is -2.10. The third-order valence-electron chi connectivity index (χ3n) is 3.05. The van der Waals surface area contributed by atoms with E-state index in [0.717, 1.165) is 5.82 Å². The van der Waals surface area contributed by atoms with Gasteiger partial charge in [0.05, 0.1) is 0 Å². The van der Waals surface area contributed by atoms with E-state index >= 15 is 0 Å². The fraction of sp³-hybridized carbons (Fsp3) is 0.538. The van der Waals surface area contributed by atoms with Gasteiger partial charge >= 0.3 is 0 Å². The molecule has 2 heterocycles. The summed E-state index contributed by atoms with van der Waals surface area (Å²) in [7, 11) is 0. The molecule has 0 saturated heterocycles. The first-order valence-electron chi connectivity index (χ1n) is 6.69. The van der Waals surface area contributed by atoms with Gasteiger partial charge < -0.3 is 14.4 Å². The molecular formula is C13H19N5O2. The molecule has 0 fully saturated rings. The van der Waals surface area contributed by atoms with Gasteiger partial charge in [-0.15, -0.1) is 0 Å². The summed E-state index contributed by atoms with van der Waals surface area (Å²) in [5.41, 5.74) is 0. The van der Waals surface area contributed by atoms with E-state index in [1.807, 2.05) is 31.5 Å². The van der Waals surface area contributed by atoms with Crippen LogP contribution in [0.15, 0.2) is 16.9 Å². The van der Waals surface area contributed by atoms with Crippen LogP contribution in [0.4, 0.5) is 0 Å². The van der Waals surface area contributed by atoms with Crippen LogP contribution in [0.25, 0.3) is 0 Å². The molecule has 7 nitrogen and oxygen atoms in total. The summed E-state index contributed by atoms with van der Waals surface area (Å²) in [5, 5.41) is 6.66. The van der Waals surface area contributed by atoms with Crippen molar-refractivity contribution in [3.05, 3.63) is 29.9 Å². The van der Waals surface area contributed by atoms with Crippen LogP contribution in [0.1, 0.15) is 43.8 Å². The Morgan fingerprint density at radius 1 is 1.55 bits per heavy atom. The molecule has 1 unspecified atom stereocenters. The van der Waals surface area contributed by atoms with Gasteiger partial charge in [0.2, 0.25) is 11.8 Å². The van der Waals surface area contributed by atoms with Crippen LogP contribution < -0.4 is 5.32 Å². The summed E-state index contributed by atoms with van der Waals surface area (Å²) < 4.78 is 7.03.